The average molecular weight is 454 g/mol. The Morgan fingerprint density at radius 3 is 2.44 bits per heavy atom. The van der Waals surface area contributed by atoms with E-state index in [2.05, 4.69) is 16.3 Å². The van der Waals surface area contributed by atoms with Crippen LogP contribution in [0.5, 0.6) is 11.5 Å². The number of alkyl halides is 3. The van der Waals surface area contributed by atoms with Gasteiger partial charge in [0.25, 0.3) is 0 Å². The summed E-state index contributed by atoms with van der Waals surface area (Å²) in [6.45, 7) is 0. The summed E-state index contributed by atoms with van der Waals surface area (Å²) in [6.07, 6.45) is -1.74. The minimum Gasteiger partial charge on any atom is -0.457 e. The Balaban J connectivity index is 1.52. The Hall–Kier alpha value is -3.38. The summed E-state index contributed by atoms with van der Waals surface area (Å²) < 4.78 is 44.5. The third kappa shape index (κ3) is 5.65. The molecule has 0 unspecified atom stereocenters. The van der Waals surface area contributed by atoms with Gasteiger partial charge in [0.05, 0.1) is 17.5 Å². The number of aromatic nitrogens is 2. The van der Waals surface area contributed by atoms with Crippen molar-refractivity contribution >= 4 is 11.6 Å². The van der Waals surface area contributed by atoms with Gasteiger partial charge in [0.1, 0.15) is 11.5 Å². The summed E-state index contributed by atoms with van der Waals surface area (Å²) in [5.74, 6) is 0.460. The second-order valence-corrected chi connectivity index (χ2v) is 7.57. The lowest BCUT2D eigenvalue weighted by Gasteiger charge is -2.12. The van der Waals surface area contributed by atoms with Crippen molar-refractivity contribution in [3.8, 4) is 11.5 Å². The first kappa shape index (κ1) is 21.8. The Morgan fingerprint density at radius 1 is 0.875 bits per heavy atom. The van der Waals surface area contributed by atoms with Gasteiger partial charge in [-0.05, 0) is 59.5 Å². The molecule has 0 saturated carbocycles. The van der Waals surface area contributed by atoms with E-state index in [9.17, 15) is 13.2 Å². The van der Waals surface area contributed by atoms with E-state index < -0.39 is 11.7 Å². The van der Waals surface area contributed by atoms with Crippen LogP contribution in [0.1, 0.15) is 27.9 Å². The second-order valence-electron chi connectivity index (χ2n) is 7.16. The van der Waals surface area contributed by atoms with Gasteiger partial charge in [-0.2, -0.15) is 23.4 Å². The van der Waals surface area contributed by atoms with Gasteiger partial charge in [-0.3, -0.25) is 0 Å². The Labute approximate surface area is 188 Å². The lowest BCUT2D eigenvalue weighted by Crippen LogP contribution is -2.04. The molecular formula is C25H17ClF3N2O. The normalized spacial score (nSPS) is 11.4. The van der Waals surface area contributed by atoms with Crippen molar-refractivity contribution in [3.05, 3.63) is 118 Å². The van der Waals surface area contributed by atoms with Crippen LogP contribution in [0.15, 0.2) is 79.0 Å². The number of hydrogen-bond acceptors (Lipinski definition) is 3. The number of benzene rings is 3. The molecule has 0 aliphatic heterocycles. The molecule has 0 amide bonds. The van der Waals surface area contributed by atoms with E-state index in [1.807, 2.05) is 30.3 Å². The van der Waals surface area contributed by atoms with Gasteiger partial charge < -0.3 is 4.74 Å². The summed E-state index contributed by atoms with van der Waals surface area (Å²) in [5, 5.41) is 8.70. The van der Waals surface area contributed by atoms with Crippen LogP contribution in [0.25, 0.3) is 0 Å². The van der Waals surface area contributed by atoms with E-state index in [1.54, 1.807) is 24.4 Å². The van der Waals surface area contributed by atoms with Crippen molar-refractivity contribution in [3.63, 3.8) is 0 Å². The van der Waals surface area contributed by atoms with Crippen LogP contribution in [-0.4, -0.2) is 10.2 Å². The molecule has 4 rings (SSSR count). The highest BCUT2D eigenvalue weighted by Gasteiger charge is 2.30. The fraction of sp³-hybridized carbons (Fsp3) is 0.120. The van der Waals surface area contributed by atoms with Gasteiger partial charge in [-0.25, -0.2) is 0 Å². The largest absolute Gasteiger partial charge is 0.457 e. The Bertz CT molecular complexity index is 1210. The van der Waals surface area contributed by atoms with Crippen molar-refractivity contribution in [2.45, 2.75) is 19.0 Å². The van der Waals surface area contributed by atoms with E-state index in [0.29, 0.717) is 34.9 Å². The van der Waals surface area contributed by atoms with Gasteiger partial charge in [-0.15, -0.1) is 0 Å². The summed E-state index contributed by atoms with van der Waals surface area (Å²) in [7, 11) is 0. The molecule has 0 bridgehead atoms. The maximum absolute atomic E-state index is 12.9. The number of hydrogen-bond donors (Lipinski definition) is 0. The Kier molecular flexibility index (Phi) is 6.42. The fourth-order valence-corrected chi connectivity index (χ4v) is 3.38. The van der Waals surface area contributed by atoms with E-state index in [0.717, 1.165) is 23.3 Å². The highest BCUT2D eigenvalue weighted by atomic mass is 35.5. The fourth-order valence-electron chi connectivity index (χ4n) is 3.20. The molecule has 1 aromatic heterocycles. The summed E-state index contributed by atoms with van der Waals surface area (Å²) in [5.41, 5.74) is 2.57. The number of ether oxygens (including phenoxy) is 1. The first-order valence-electron chi connectivity index (χ1n) is 9.77. The molecule has 0 N–H and O–H groups in total. The average Bonchev–Trinajstić information content (AvgIpc) is 2.77. The zero-order chi connectivity index (χ0) is 22.6. The molecule has 0 atom stereocenters. The number of halogens is 4. The van der Waals surface area contributed by atoms with Gasteiger partial charge >= 0.3 is 6.18 Å². The molecule has 3 nitrogen and oxygen atoms in total. The zero-order valence-corrected chi connectivity index (χ0v) is 17.5. The minimum absolute atomic E-state index is 0.0873. The van der Waals surface area contributed by atoms with Crippen molar-refractivity contribution < 1.29 is 17.9 Å². The van der Waals surface area contributed by atoms with Crippen molar-refractivity contribution in [1.29, 1.82) is 0 Å². The molecule has 0 fully saturated rings. The van der Waals surface area contributed by atoms with Crippen LogP contribution in [0.4, 0.5) is 13.2 Å². The highest BCUT2D eigenvalue weighted by molar-refractivity contribution is 6.31. The predicted octanol–water partition coefficient (Wildman–Crippen LogP) is 6.92. The van der Waals surface area contributed by atoms with Crippen LogP contribution < -0.4 is 4.74 Å². The number of nitrogens with zero attached hydrogens (tertiary/aromatic N) is 2. The quantitative estimate of drug-likeness (QED) is 0.318. The lowest BCUT2D eigenvalue weighted by atomic mass is 10.0. The number of rotatable bonds is 6. The molecule has 7 heteroatoms. The predicted molar refractivity (Wildman–Crippen MR) is 116 cm³/mol. The van der Waals surface area contributed by atoms with Crippen LogP contribution in [0.2, 0.25) is 5.02 Å². The first-order chi connectivity index (χ1) is 15.4. The second kappa shape index (κ2) is 9.40. The molecule has 161 valence electrons. The highest BCUT2D eigenvalue weighted by Crippen LogP contribution is 2.33. The molecule has 0 aliphatic carbocycles. The van der Waals surface area contributed by atoms with Gasteiger partial charge in [-0.1, -0.05) is 48.0 Å². The molecule has 0 saturated heterocycles. The standard InChI is InChI=1S/C25H17ClF3N2O/c26-24-10-9-23(32-22-8-4-7-20(15-22)25(27,28)29)14-19(24)13-21-12-18(16-30-31-21)11-17-5-2-1-3-6-17/h1-10,14-16H,11,13H2. The molecule has 3 aromatic carbocycles. The zero-order valence-electron chi connectivity index (χ0n) is 16.7. The molecule has 32 heavy (non-hydrogen) atoms. The van der Waals surface area contributed by atoms with Crippen molar-refractivity contribution in [2.75, 3.05) is 0 Å². The van der Waals surface area contributed by atoms with Crippen LogP contribution in [0.3, 0.4) is 0 Å². The third-order valence-electron chi connectivity index (χ3n) is 4.71. The minimum atomic E-state index is -4.44. The molecule has 1 radical (unpaired) electrons. The van der Waals surface area contributed by atoms with E-state index >= 15 is 0 Å². The third-order valence-corrected chi connectivity index (χ3v) is 5.08. The molecular weight excluding hydrogens is 437 g/mol. The van der Waals surface area contributed by atoms with Gasteiger partial charge in [0.15, 0.2) is 0 Å². The first-order valence-corrected chi connectivity index (χ1v) is 10.1. The van der Waals surface area contributed by atoms with Gasteiger partial charge in [0.2, 0.25) is 0 Å². The summed E-state index contributed by atoms with van der Waals surface area (Å²) in [4.78, 5) is 0. The lowest BCUT2D eigenvalue weighted by molar-refractivity contribution is -0.137. The van der Waals surface area contributed by atoms with Crippen molar-refractivity contribution in [1.82, 2.24) is 10.2 Å². The molecule has 0 aliphatic rings. The molecule has 4 aromatic rings. The Morgan fingerprint density at radius 2 is 1.66 bits per heavy atom. The SMILES string of the molecule is FC(F)(F)c1cccc(Oc2ccc(Cl)c(Cc3[c]c(Cc4ccccc4)cnn3)c2)c1. The topological polar surface area (TPSA) is 35.0 Å². The summed E-state index contributed by atoms with van der Waals surface area (Å²) >= 11 is 6.34. The molecule has 1 heterocycles. The summed E-state index contributed by atoms with van der Waals surface area (Å²) in [6, 6.07) is 22.9. The van der Waals surface area contributed by atoms with Gasteiger partial charge in [0, 0.05) is 17.5 Å². The van der Waals surface area contributed by atoms with Crippen LogP contribution in [-0.2, 0) is 19.0 Å². The van der Waals surface area contributed by atoms with Crippen molar-refractivity contribution in [2.24, 2.45) is 0 Å². The maximum atomic E-state index is 12.9. The van der Waals surface area contributed by atoms with E-state index in [1.165, 1.54) is 12.1 Å². The monoisotopic (exact) mass is 453 g/mol. The maximum Gasteiger partial charge on any atom is 0.416 e. The van der Waals surface area contributed by atoms with E-state index in [4.69, 9.17) is 16.3 Å². The van der Waals surface area contributed by atoms with Crippen LogP contribution >= 0.6 is 11.6 Å². The van der Waals surface area contributed by atoms with E-state index in [-0.39, 0.29) is 5.75 Å². The smallest absolute Gasteiger partial charge is 0.416 e. The molecule has 0 spiro atoms. The van der Waals surface area contributed by atoms with Crippen LogP contribution in [0, 0.1) is 6.07 Å².